The molecule has 1 aromatic carbocycles. The van der Waals surface area contributed by atoms with Crippen molar-refractivity contribution >= 4 is 11.9 Å². The average molecular weight is 419 g/mol. The van der Waals surface area contributed by atoms with E-state index in [9.17, 15) is 9.59 Å². The second-order valence-electron chi connectivity index (χ2n) is 6.57. The van der Waals surface area contributed by atoms with Crippen LogP contribution in [0.2, 0.25) is 0 Å². The summed E-state index contributed by atoms with van der Waals surface area (Å²) in [4.78, 5) is 25.2. The molecular formula is C22H29NO7. The molecule has 0 bridgehead atoms. The number of hydrogen-bond acceptors (Lipinski definition) is 8. The lowest BCUT2D eigenvalue weighted by Crippen LogP contribution is -2.34. The van der Waals surface area contributed by atoms with E-state index in [0.29, 0.717) is 28.4 Å². The Morgan fingerprint density at radius 3 is 1.60 bits per heavy atom. The summed E-state index contributed by atoms with van der Waals surface area (Å²) in [6, 6.07) is 3.60. The minimum atomic E-state index is -0.540. The van der Waals surface area contributed by atoms with Crippen molar-refractivity contribution in [3.8, 4) is 17.2 Å². The number of nitrogens with one attached hydrogen (secondary N) is 1. The highest BCUT2D eigenvalue weighted by Gasteiger charge is 2.34. The van der Waals surface area contributed by atoms with Crippen LogP contribution in [0, 0.1) is 0 Å². The van der Waals surface area contributed by atoms with Crippen LogP contribution in [0.25, 0.3) is 0 Å². The third-order valence-corrected chi connectivity index (χ3v) is 4.88. The lowest BCUT2D eigenvalue weighted by atomic mass is 9.81. The van der Waals surface area contributed by atoms with E-state index in [2.05, 4.69) is 5.32 Å². The van der Waals surface area contributed by atoms with E-state index in [-0.39, 0.29) is 24.6 Å². The Balaban J connectivity index is 2.72. The normalized spacial score (nSPS) is 14.2. The van der Waals surface area contributed by atoms with Gasteiger partial charge in [0.1, 0.15) is 11.4 Å². The van der Waals surface area contributed by atoms with Gasteiger partial charge in [0.25, 0.3) is 0 Å². The maximum atomic E-state index is 12.6. The van der Waals surface area contributed by atoms with Crippen molar-refractivity contribution in [2.45, 2.75) is 33.6 Å². The minimum Gasteiger partial charge on any atom is -0.493 e. The molecule has 1 aliphatic heterocycles. The predicted molar refractivity (Wildman–Crippen MR) is 111 cm³/mol. The molecule has 0 amide bonds. The number of rotatable bonds is 8. The highest BCUT2D eigenvalue weighted by molar-refractivity contribution is 5.96. The Hall–Kier alpha value is -3.16. The Morgan fingerprint density at radius 1 is 0.833 bits per heavy atom. The standard InChI is InChI=1S/C22H29NO7/c1-8-29-21(24)18-12(3)17(13(4)19(23-18)22(25)30-9-2)14-10-15(26-5)20(28-7)16(11-14)27-6/h10-11,17,23H,8-9H2,1-7H3. The van der Waals surface area contributed by atoms with E-state index in [1.54, 1.807) is 26.0 Å². The van der Waals surface area contributed by atoms with Gasteiger partial charge in [0, 0.05) is 5.92 Å². The summed E-state index contributed by atoms with van der Waals surface area (Å²) in [5.74, 6) is -0.0814. The van der Waals surface area contributed by atoms with Crippen LogP contribution in [0.15, 0.2) is 34.7 Å². The number of esters is 2. The molecule has 1 aromatic rings. The molecule has 164 valence electrons. The number of benzene rings is 1. The molecule has 0 aromatic heterocycles. The Bertz CT molecular complexity index is 820. The molecule has 1 N–H and O–H groups in total. The van der Waals surface area contributed by atoms with Crippen LogP contribution in [-0.4, -0.2) is 46.5 Å². The molecule has 0 saturated carbocycles. The van der Waals surface area contributed by atoms with Crippen LogP contribution < -0.4 is 19.5 Å². The van der Waals surface area contributed by atoms with Gasteiger partial charge in [-0.25, -0.2) is 9.59 Å². The number of hydrogen-bond donors (Lipinski definition) is 1. The summed E-state index contributed by atoms with van der Waals surface area (Å²) < 4.78 is 26.7. The number of methoxy groups -OCH3 is 3. The first-order valence-electron chi connectivity index (χ1n) is 9.67. The molecule has 8 nitrogen and oxygen atoms in total. The molecule has 30 heavy (non-hydrogen) atoms. The number of ether oxygens (including phenoxy) is 5. The lowest BCUT2D eigenvalue weighted by molar-refractivity contribution is -0.139. The topological polar surface area (TPSA) is 92.3 Å². The van der Waals surface area contributed by atoms with Crippen LogP contribution >= 0.6 is 0 Å². The van der Waals surface area contributed by atoms with Gasteiger partial charge < -0.3 is 29.0 Å². The summed E-state index contributed by atoms with van der Waals surface area (Å²) in [5, 5.41) is 2.92. The maximum absolute atomic E-state index is 12.6. The van der Waals surface area contributed by atoms with E-state index in [1.807, 2.05) is 13.8 Å². The maximum Gasteiger partial charge on any atom is 0.354 e. The molecule has 0 atom stereocenters. The van der Waals surface area contributed by atoms with E-state index in [1.165, 1.54) is 21.3 Å². The molecule has 0 unspecified atom stereocenters. The van der Waals surface area contributed by atoms with Crippen LogP contribution in [0.5, 0.6) is 17.2 Å². The third-order valence-electron chi connectivity index (χ3n) is 4.88. The molecule has 0 radical (unpaired) electrons. The molecule has 0 aliphatic carbocycles. The SMILES string of the molecule is CCOC(=O)C1=C(C)C(c2cc(OC)c(OC)c(OC)c2)C(C)=C(C(=O)OCC)N1. The van der Waals surface area contributed by atoms with Gasteiger partial charge in [-0.3, -0.25) is 0 Å². The second-order valence-corrected chi connectivity index (χ2v) is 6.57. The summed E-state index contributed by atoms with van der Waals surface area (Å²) in [6.07, 6.45) is 0. The lowest BCUT2D eigenvalue weighted by Gasteiger charge is -2.30. The fraction of sp³-hybridized carbons (Fsp3) is 0.455. The smallest absolute Gasteiger partial charge is 0.354 e. The molecule has 1 aliphatic rings. The number of allylic oxidation sites excluding steroid dienone is 2. The summed E-state index contributed by atoms with van der Waals surface area (Å²) in [6.45, 7) is 7.51. The number of carbonyl (C=O) groups is 2. The Morgan fingerprint density at radius 2 is 1.27 bits per heavy atom. The average Bonchev–Trinajstić information content (AvgIpc) is 2.73. The van der Waals surface area contributed by atoms with Gasteiger partial charge in [-0.05, 0) is 56.5 Å². The first-order valence-corrected chi connectivity index (χ1v) is 9.67. The van der Waals surface area contributed by atoms with Crippen LogP contribution in [0.3, 0.4) is 0 Å². The van der Waals surface area contributed by atoms with Gasteiger partial charge in [0.05, 0.1) is 34.5 Å². The van der Waals surface area contributed by atoms with Crippen LogP contribution in [0.4, 0.5) is 0 Å². The molecule has 1 heterocycles. The van der Waals surface area contributed by atoms with Crippen molar-refractivity contribution in [1.82, 2.24) is 5.32 Å². The second kappa shape index (κ2) is 10.0. The van der Waals surface area contributed by atoms with Crippen molar-refractivity contribution in [2.24, 2.45) is 0 Å². The quantitative estimate of drug-likeness (QED) is 0.643. The highest BCUT2D eigenvalue weighted by atomic mass is 16.5. The van der Waals surface area contributed by atoms with Crippen molar-refractivity contribution in [3.05, 3.63) is 40.2 Å². The predicted octanol–water partition coefficient (Wildman–Crippen LogP) is 3.07. The summed E-state index contributed by atoms with van der Waals surface area (Å²) in [5.41, 5.74) is 2.60. The van der Waals surface area contributed by atoms with Crippen LogP contribution in [0.1, 0.15) is 39.2 Å². The Labute approximate surface area is 176 Å². The van der Waals surface area contributed by atoms with Crippen molar-refractivity contribution in [1.29, 1.82) is 0 Å². The molecule has 0 saturated heterocycles. The van der Waals surface area contributed by atoms with E-state index < -0.39 is 17.9 Å². The zero-order valence-electron chi connectivity index (χ0n) is 18.5. The van der Waals surface area contributed by atoms with E-state index >= 15 is 0 Å². The monoisotopic (exact) mass is 419 g/mol. The van der Waals surface area contributed by atoms with Gasteiger partial charge in [-0.2, -0.15) is 0 Å². The van der Waals surface area contributed by atoms with Gasteiger partial charge in [0.15, 0.2) is 11.5 Å². The van der Waals surface area contributed by atoms with Crippen molar-refractivity contribution in [2.75, 3.05) is 34.5 Å². The summed E-state index contributed by atoms with van der Waals surface area (Å²) >= 11 is 0. The first kappa shape index (κ1) is 23.1. The van der Waals surface area contributed by atoms with Crippen molar-refractivity contribution in [3.63, 3.8) is 0 Å². The van der Waals surface area contributed by atoms with Crippen LogP contribution in [-0.2, 0) is 19.1 Å². The van der Waals surface area contributed by atoms with Gasteiger partial charge >= 0.3 is 11.9 Å². The Kier molecular flexibility index (Phi) is 7.74. The number of dihydropyridines is 1. The largest absolute Gasteiger partial charge is 0.493 e. The fourth-order valence-corrected chi connectivity index (χ4v) is 3.53. The number of carbonyl (C=O) groups excluding carboxylic acids is 2. The molecule has 0 fully saturated rings. The molecular weight excluding hydrogens is 390 g/mol. The first-order chi connectivity index (χ1) is 14.3. The van der Waals surface area contributed by atoms with Gasteiger partial charge in [0.2, 0.25) is 5.75 Å². The molecule has 2 rings (SSSR count). The minimum absolute atomic E-state index is 0.212. The van der Waals surface area contributed by atoms with E-state index in [0.717, 1.165) is 5.56 Å². The fourth-order valence-electron chi connectivity index (χ4n) is 3.53. The zero-order valence-corrected chi connectivity index (χ0v) is 18.5. The third kappa shape index (κ3) is 4.37. The molecule has 0 spiro atoms. The highest BCUT2D eigenvalue weighted by Crippen LogP contribution is 2.45. The molecule has 8 heteroatoms. The van der Waals surface area contributed by atoms with Gasteiger partial charge in [-0.15, -0.1) is 0 Å². The van der Waals surface area contributed by atoms with E-state index in [4.69, 9.17) is 23.7 Å². The zero-order chi connectivity index (χ0) is 22.4. The van der Waals surface area contributed by atoms with Crippen molar-refractivity contribution < 1.29 is 33.3 Å². The van der Waals surface area contributed by atoms with Gasteiger partial charge in [-0.1, -0.05) is 0 Å². The summed E-state index contributed by atoms with van der Waals surface area (Å²) in [7, 11) is 4.59.